The van der Waals surface area contributed by atoms with Crippen molar-refractivity contribution >= 4 is 17.3 Å². The molecule has 2 N–H and O–H groups in total. The van der Waals surface area contributed by atoms with Crippen LogP contribution in [0.5, 0.6) is 0 Å². The number of hydrogen-bond donors (Lipinski definition) is 1. The summed E-state index contributed by atoms with van der Waals surface area (Å²) in [6, 6.07) is 5.12. The Balaban J connectivity index is 2.90. The summed E-state index contributed by atoms with van der Waals surface area (Å²) in [6.07, 6.45) is 0. The number of nitrogens with zero attached hydrogens (tertiary/aromatic N) is 1. The van der Waals surface area contributed by atoms with Crippen LogP contribution in [0.15, 0.2) is 18.2 Å². The van der Waals surface area contributed by atoms with Gasteiger partial charge in [-0.05, 0) is 25.1 Å². The van der Waals surface area contributed by atoms with Gasteiger partial charge in [-0.3, -0.25) is 0 Å². The van der Waals surface area contributed by atoms with Crippen LogP contribution in [0.2, 0.25) is 0 Å². The van der Waals surface area contributed by atoms with Crippen LogP contribution in [0.3, 0.4) is 0 Å². The summed E-state index contributed by atoms with van der Waals surface area (Å²) in [7, 11) is 3.55. The fourth-order valence-corrected chi connectivity index (χ4v) is 1.56. The Labute approximate surface area is 107 Å². The van der Waals surface area contributed by atoms with E-state index in [1.54, 1.807) is 32.2 Å². The number of benzene rings is 1. The third kappa shape index (κ3) is 3.63. The smallest absolute Gasteiger partial charge is 0.338 e. The molecule has 18 heavy (non-hydrogen) atoms. The molecule has 0 radical (unpaired) electrons. The van der Waals surface area contributed by atoms with E-state index < -0.39 is 0 Å². The van der Waals surface area contributed by atoms with Gasteiger partial charge in [-0.25, -0.2) is 4.79 Å². The van der Waals surface area contributed by atoms with Crippen LogP contribution in [0, 0.1) is 0 Å². The summed E-state index contributed by atoms with van der Waals surface area (Å²) in [5.41, 5.74) is 7.84. The summed E-state index contributed by atoms with van der Waals surface area (Å²) >= 11 is 0. The number of ether oxygens (including phenoxy) is 2. The highest BCUT2D eigenvalue weighted by Gasteiger charge is 2.11. The largest absolute Gasteiger partial charge is 0.462 e. The Morgan fingerprint density at radius 1 is 1.44 bits per heavy atom. The highest BCUT2D eigenvalue weighted by atomic mass is 16.5. The maximum absolute atomic E-state index is 11.6. The zero-order chi connectivity index (χ0) is 13.5. The van der Waals surface area contributed by atoms with Crippen LogP contribution in [-0.2, 0) is 9.47 Å². The first-order valence-corrected chi connectivity index (χ1v) is 5.86. The average molecular weight is 252 g/mol. The van der Waals surface area contributed by atoms with E-state index in [4.69, 9.17) is 15.2 Å². The van der Waals surface area contributed by atoms with Gasteiger partial charge in [-0.15, -0.1) is 0 Å². The predicted molar refractivity (Wildman–Crippen MR) is 72.0 cm³/mol. The molecule has 0 aromatic heterocycles. The molecule has 0 aliphatic heterocycles. The standard InChI is InChI=1S/C13H20N2O3/c1-4-18-13(16)10-5-6-11(14)12(9-10)15(2)7-8-17-3/h5-6,9H,4,7-8,14H2,1-3H3. The van der Waals surface area contributed by atoms with Crippen molar-refractivity contribution in [2.45, 2.75) is 6.92 Å². The number of carbonyl (C=O) groups is 1. The first-order valence-electron chi connectivity index (χ1n) is 5.86. The molecule has 0 unspecified atom stereocenters. The summed E-state index contributed by atoms with van der Waals surface area (Å²) in [6.45, 7) is 3.44. The SMILES string of the molecule is CCOC(=O)c1ccc(N)c(N(C)CCOC)c1. The molecule has 5 nitrogen and oxygen atoms in total. The van der Waals surface area contributed by atoms with E-state index in [-0.39, 0.29) is 5.97 Å². The number of methoxy groups -OCH3 is 1. The van der Waals surface area contributed by atoms with Crippen molar-refractivity contribution in [2.24, 2.45) is 0 Å². The molecule has 0 saturated heterocycles. The quantitative estimate of drug-likeness (QED) is 0.614. The number of rotatable bonds is 6. The molecule has 1 aromatic carbocycles. The first-order chi connectivity index (χ1) is 8.60. The lowest BCUT2D eigenvalue weighted by Crippen LogP contribution is -2.23. The van der Waals surface area contributed by atoms with Crippen LogP contribution in [-0.4, -0.2) is 39.9 Å². The molecular formula is C13H20N2O3. The second-order valence-corrected chi connectivity index (χ2v) is 3.91. The Morgan fingerprint density at radius 3 is 2.78 bits per heavy atom. The Kier molecular flexibility index (Phi) is 5.45. The molecule has 0 spiro atoms. The van der Waals surface area contributed by atoms with Crippen molar-refractivity contribution < 1.29 is 14.3 Å². The van der Waals surface area contributed by atoms with Crippen LogP contribution >= 0.6 is 0 Å². The van der Waals surface area contributed by atoms with Gasteiger partial charge in [0.25, 0.3) is 0 Å². The van der Waals surface area contributed by atoms with Crippen LogP contribution in [0.25, 0.3) is 0 Å². The van der Waals surface area contributed by atoms with Crippen molar-refractivity contribution in [3.05, 3.63) is 23.8 Å². The van der Waals surface area contributed by atoms with Gasteiger partial charge in [0.2, 0.25) is 0 Å². The summed E-state index contributed by atoms with van der Waals surface area (Å²) in [5, 5.41) is 0. The Bertz CT molecular complexity index is 407. The van der Waals surface area contributed by atoms with E-state index in [0.717, 1.165) is 5.69 Å². The highest BCUT2D eigenvalue weighted by molar-refractivity contribution is 5.92. The maximum Gasteiger partial charge on any atom is 0.338 e. The lowest BCUT2D eigenvalue weighted by Gasteiger charge is -2.21. The molecule has 0 amide bonds. The fraction of sp³-hybridized carbons (Fsp3) is 0.462. The van der Waals surface area contributed by atoms with Gasteiger partial charge in [0, 0.05) is 20.7 Å². The number of nitrogen functional groups attached to an aromatic ring is 1. The highest BCUT2D eigenvalue weighted by Crippen LogP contribution is 2.23. The van der Waals surface area contributed by atoms with Crippen LogP contribution in [0.1, 0.15) is 17.3 Å². The number of esters is 1. The summed E-state index contributed by atoms with van der Waals surface area (Å²) in [4.78, 5) is 13.6. The molecule has 0 saturated carbocycles. The van der Waals surface area contributed by atoms with Crippen LogP contribution < -0.4 is 10.6 Å². The molecular weight excluding hydrogens is 232 g/mol. The summed E-state index contributed by atoms with van der Waals surface area (Å²) in [5.74, 6) is -0.334. The third-order valence-corrected chi connectivity index (χ3v) is 2.58. The lowest BCUT2D eigenvalue weighted by atomic mass is 10.1. The van der Waals surface area contributed by atoms with Gasteiger partial charge in [0.15, 0.2) is 0 Å². The average Bonchev–Trinajstić information content (AvgIpc) is 2.36. The van der Waals surface area contributed by atoms with E-state index in [9.17, 15) is 4.79 Å². The van der Waals surface area contributed by atoms with Crippen molar-refractivity contribution in [3.8, 4) is 0 Å². The van der Waals surface area contributed by atoms with Gasteiger partial charge in [0.1, 0.15) is 0 Å². The van der Waals surface area contributed by atoms with E-state index >= 15 is 0 Å². The zero-order valence-electron chi connectivity index (χ0n) is 11.1. The molecule has 0 heterocycles. The van der Waals surface area contributed by atoms with Gasteiger partial charge < -0.3 is 20.1 Å². The second-order valence-electron chi connectivity index (χ2n) is 3.91. The minimum Gasteiger partial charge on any atom is -0.462 e. The van der Waals surface area contributed by atoms with E-state index in [0.29, 0.717) is 31.0 Å². The van der Waals surface area contributed by atoms with Crippen molar-refractivity contribution in [2.75, 3.05) is 44.5 Å². The van der Waals surface area contributed by atoms with Gasteiger partial charge in [-0.2, -0.15) is 0 Å². The summed E-state index contributed by atoms with van der Waals surface area (Å²) < 4.78 is 9.98. The Morgan fingerprint density at radius 2 is 2.17 bits per heavy atom. The number of anilines is 2. The molecule has 0 bridgehead atoms. The van der Waals surface area contributed by atoms with Gasteiger partial charge >= 0.3 is 5.97 Å². The van der Waals surface area contributed by atoms with Gasteiger partial charge in [-0.1, -0.05) is 0 Å². The number of nitrogens with two attached hydrogens (primary N) is 1. The number of hydrogen-bond acceptors (Lipinski definition) is 5. The van der Waals surface area contributed by atoms with E-state index in [2.05, 4.69) is 0 Å². The zero-order valence-corrected chi connectivity index (χ0v) is 11.1. The van der Waals surface area contributed by atoms with Crippen molar-refractivity contribution in [1.82, 2.24) is 0 Å². The number of likely N-dealkylation sites (N-methyl/N-ethyl adjacent to an activating group) is 1. The van der Waals surface area contributed by atoms with E-state index in [1.165, 1.54) is 0 Å². The minimum absolute atomic E-state index is 0.334. The normalized spacial score (nSPS) is 10.2. The Hall–Kier alpha value is -1.75. The fourth-order valence-electron chi connectivity index (χ4n) is 1.56. The molecule has 100 valence electrons. The number of carbonyl (C=O) groups excluding carboxylic acids is 1. The lowest BCUT2D eigenvalue weighted by molar-refractivity contribution is 0.0526. The van der Waals surface area contributed by atoms with Crippen molar-refractivity contribution in [1.29, 1.82) is 0 Å². The maximum atomic E-state index is 11.6. The molecule has 0 fully saturated rings. The van der Waals surface area contributed by atoms with Crippen molar-refractivity contribution in [3.63, 3.8) is 0 Å². The first kappa shape index (κ1) is 14.3. The minimum atomic E-state index is -0.334. The second kappa shape index (κ2) is 6.86. The third-order valence-electron chi connectivity index (χ3n) is 2.58. The van der Waals surface area contributed by atoms with Gasteiger partial charge in [0.05, 0.1) is 30.2 Å². The van der Waals surface area contributed by atoms with E-state index in [1.807, 2.05) is 11.9 Å². The molecule has 5 heteroatoms. The molecule has 0 aliphatic carbocycles. The molecule has 0 aliphatic rings. The topological polar surface area (TPSA) is 64.8 Å². The van der Waals surface area contributed by atoms with Crippen LogP contribution in [0.4, 0.5) is 11.4 Å². The molecule has 0 atom stereocenters. The molecule has 1 rings (SSSR count). The predicted octanol–water partition coefficient (Wildman–Crippen LogP) is 1.53. The molecule has 1 aromatic rings. The monoisotopic (exact) mass is 252 g/mol.